The molecule has 5 heteroatoms. The van der Waals surface area contributed by atoms with Crippen molar-refractivity contribution in [1.29, 1.82) is 0 Å². The molecule has 1 aromatic rings. The molecule has 0 unspecified atom stereocenters. The summed E-state index contributed by atoms with van der Waals surface area (Å²) in [5.74, 6) is 0.716. The average molecular weight is 297 g/mol. The van der Waals surface area contributed by atoms with Crippen molar-refractivity contribution in [3.05, 3.63) is 29.3 Å². The predicted octanol–water partition coefficient (Wildman–Crippen LogP) is 2.31. The Labute approximate surface area is 124 Å². The Bertz CT molecular complexity index is 445. The fourth-order valence-corrected chi connectivity index (χ4v) is 2.66. The number of nitrogens with two attached hydrogens (primary N) is 1. The molecular formula is C15H21ClN2O2. The van der Waals surface area contributed by atoms with Gasteiger partial charge in [-0.15, -0.1) is 0 Å². The van der Waals surface area contributed by atoms with E-state index >= 15 is 0 Å². The lowest BCUT2D eigenvalue weighted by molar-refractivity contribution is -0.123. The van der Waals surface area contributed by atoms with E-state index in [4.69, 9.17) is 22.1 Å². The van der Waals surface area contributed by atoms with Crippen LogP contribution in [-0.4, -0.2) is 37.0 Å². The van der Waals surface area contributed by atoms with Crippen molar-refractivity contribution in [1.82, 2.24) is 4.90 Å². The van der Waals surface area contributed by atoms with E-state index in [0.717, 1.165) is 44.6 Å². The number of ether oxygens (including phenoxy) is 1. The number of benzene rings is 1. The number of primary amides is 1. The Morgan fingerprint density at radius 3 is 2.80 bits per heavy atom. The number of carbonyl (C=O) groups excluding carboxylic acids is 1. The molecule has 0 bridgehead atoms. The van der Waals surface area contributed by atoms with Gasteiger partial charge in [0.25, 0.3) is 0 Å². The van der Waals surface area contributed by atoms with Gasteiger partial charge < -0.3 is 15.4 Å². The largest absolute Gasteiger partial charge is 0.493 e. The van der Waals surface area contributed by atoms with Crippen LogP contribution in [-0.2, 0) is 4.79 Å². The van der Waals surface area contributed by atoms with Crippen molar-refractivity contribution in [3.63, 3.8) is 0 Å². The van der Waals surface area contributed by atoms with E-state index in [1.165, 1.54) is 0 Å². The van der Waals surface area contributed by atoms with Gasteiger partial charge in [0.1, 0.15) is 5.75 Å². The van der Waals surface area contributed by atoms with Gasteiger partial charge in [0.2, 0.25) is 5.91 Å². The summed E-state index contributed by atoms with van der Waals surface area (Å²) in [6.45, 7) is 3.57. The van der Waals surface area contributed by atoms with Crippen molar-refractivity contribution in [3.8, 4) is 5.75 Å². The highest BCUT2D eigenvalue weighted by Crippen LogP contribution is 2.18. The number of halogens is 1. The molecule has 4 nitrogen and oxygen atoms in total. The molecule has 1 saturated heterocycles. The third-order valence-electron chi connectivity index (χ3n) is 3.67. The van der Waals surface area contributed by atoms with Crippen LogP contribution in [0.4, 0.5) is 0 Å². The van der Waals surface area contributed by atoms with Gasteiger partial charge in [-0.25, -0.2) is 0 Å². The normalized spacial score (nSPS) is 17.1. The van der Waals surface area contributed by atoms with E-state index in [0.29, 0.717) is 11.6 Å². The second kappa shape index (κ2) is 7.50. The third kappa shape index (κ3) is 4.69. The lowest BCUT2D eigenvalue weighted by Gasteiger charge is -2.30. The number of nitrogens with zero attached hydrogens (tertiary/aromatic N) is 1. The molecule has 110 valence electrons. The maximum Gasteiger partial charge on any atom is 0.220 e. The summed E-state index contributed by atoms with van der Waals surface area (Å²) in [5, 5.41) is 0.691. The van der Waals surface area contributed by atoms with Crippen LogP contribution in [0, 0.1) is 5.92 Å². The number of hydrogen-bond acceptors (Lipinski definition) is 3. The first kappa shape index (κ1) is 15.1. The smallest absolute Gasteiger partial charge is 0.220 e. The fourth-order valence-electron chi connectivity index (χ4n) is 2.48. The van der Waals surface area contributed by atoms with Crippen molar-refractivity contribution in [2.45, 2.75) is 19.3 Å². The molecule has 1 fully saturated rings. The molecule has 1 amide bonds. The molecule has 2 rings (SSSR count). The molecule has 1 aliphatic heterocycles. The van der Waals surface area contributed by atoms with E-state index < -0.39 is 0 Å². The maximum atomic E-state index is 11.1. The Hall–Kier alpha value is -1.26. The molecule has 1 heterocycles. The van der Waals surface area contributed by atoms with Gasteiger partial charge in [-0.3, -0.25) is 4.79 Å². The minimum atomic E-state index is -0.158. The van der Waals surface area contributed by atoms with Gasteiger partial charge in [0.15, 0.2) is 0 Å². The lowest BCUT2D eigenvalue weighted by Crippen LogP contribution is -2.39. The Kier molecular flexibility index (Phi) is 5.68. The minimum Gasteiger partial charge on any atom is -0.493 e. The van der Waals surface area contributed by atoms with Crippen molar-refractivity contribution < 1.29 is 9.53 Å². The van der Waals surface area contributed by atoms with Crippen LogP contribution >= 0.6 is 11.6 Å². The molecule has 1 aromatic carbocycles. The minimum absolute atomic E-state index is 0.0639. The summed E-state index contributed by atoms with van der Waals surface area (Å²) < 4.78 is 5.65. The van der Waals surface area contributed by atoms with Crippen LogP contribution in [0.3, 0.4) is 0 Å². The number of likely N-dealkylation sites (tertiary alicyclic amines) is 1. The lowest BCUT2D eigenvalue weighted by atomic mass is 9.96. The Morgan fingerprint density at radius 1 is 1.40 bits per heavy atom. The Balaban J connectivity index is 1.61. The highest BCUT2D eigenvalue weighted by atomic mass is 35.5. The van der Waals surface area contributed by atoms with E-state index in [1.807, 2.05) is 24.3 Å². The molecule has 0 atom stereocenters. The summed E-state index contributed by atoms with van der Waals surface area (Å²) in [6, 6.07) is 7.44. The van der Waals surface area contributed by atoms with E-state index in [1.54, 1.807) is 0 Å². The molecule has 0 spiro atoms. The monoisotopic (exact) mass is 296 g/mol. The molecule has 0 aliphatic carbocycles. The highest BCUT2D eigenvalue weighted by molar-refractivity contribution is 6.30. The predicted molar refractivity (Wildman–Crippen MR) is 79.9 cm³/mol. The summed E-state index contributed by atoms with van der Waals surface area (Å²) in [6.07, 6.45) is 2.72. The van der Waals surface area contributed by atoms with Gasteiger partial charge in [0.05, 0.1) is 6.61 Å². The van der Waals surface area contributed by atoms with E-state index in [2.05, 4.69) is 4.90 Å². The number of amides is 1. The number of piperidine rings is 1. The fraction of sp³-hybridized carbons (Fsp3) is 0.533. The van der Waals surface area contributed by atoms with Gasteiger partial charge in [0, 0.05) is 17.5 Å². The van der Waals surface area contributed by atoms with Crippen molar-refractivity contribution in [2.75, 3.05) is 26.2 Å². The van der Waals surface area contributed by atoms with Gasteiger partial charge >= 0.3 is 0 Å². The quantitative estimate of drug-likeness (QED) is 0.820. The molecule has 2 N–H and O–H groups in total. The van der Waals surface area contributed by atoms with Crippen molar-refractivity contribution in [2.24, 2.45) is 11.7 Å². The second-order valence-electron chi connectivity index (χ2n) is 5.18. The van der Waals surface area contributed by atoms with Gasteiger partial charge in [-0.05, 0) is 50.6 Å². The zero-order valence-corrected chi connectivity index (χ0v) is 12.3. The SMILES string of the molecule is NC(=O)C1CCN(CCCOc2cccc(Cl)c2)CC1. The molecule has 0 radical (unpaired) electrons. The topological polar surface area (TPSA) is 55.6 Å². The molecule has 20 heavy (non-hydrogen) atoms. The van der Waals surface area contributed by atoms with Crippen LogP contribution in [0.5, 0.6) is 5.75 Å². The zero-order chi connectivity index (χ0) is 14.4. The van der Waals surface area contributed by atoms with Gasteiger partial charge in [-0.2, -0.15) is 0 Å². The van der Waals surface area contributed by atoms with Crippen LogP contribution in [0.15, 0.2) is 24.3 Å². The van der Waals surface area contributed by atoms with Crippen LogP contribution < -0.4 is 10.5 Å². The van der Waals surface area contributed by atoms with Crippen LogP contribution in [0.25, 0.3) is 0 Å². The summed E-state index contributed by atoms with van der Waals surface area (Å²) in [5.41, 5.74) is 5.32. The molecule has 1 aliphatic rings. The first-order valence-electron chi connectivity index (χ1n) is 7.05. The summed E-state index contributed by atoms with van der Waals surface area (Å²) >= 11 is 5.89. The highest BCUT2D eigenvalue weighted by Gasteiger charge is 2.22. The van der Waals surface area contributed by atoms with Gasteiger partial charge in [-0.1, -0.05) is 17.7 Å². The summed E-state index contributed by atoms with van der Waals surface area (Å²) in [7, 11) is 0. The standard InChI is InChI=1S/C15H21ClN2O2/c16-13-3-1-4-14(11-13)20-10-2-7-18-8-5-12(6-9-18)15(17)19/h1,3-4,11-12H,2,5-10H2,(H2,17,19). The molecule has 0 aromatic heterocycles. The first-order valence-corrected chi connectivity index (χ1v) is 7.43. The maximum absolute atomic E-state index is 11.1. The summed E-state index contributed by atoms with van der Waals surface area (Å²) in [4.78, 5) is 13.4. The number of hydrogen-bond donors (Lipinski definition) is 1. The third-order valence-corrected chi connectivity index (χ3v) is 3.91. The van der Waals surface area contributed by atoms with Crippen LogP contribution in [0.1, 0.15) is 19.3 Å². The van der Waals surface area contributed by atoms with E-state index in [9.17, 15) is 4.79 Å². The average Bonchev–Trinajstić information content (AvgIpc) is 2.44. The van der Waals surface area contributed by atoms with E-state index in [-0.39, 0.29) is 11.8 Å². The molecular weight excluding hydrogens is 276 g/mol. The molecule has 0 saturated carbocycles. The number of rotatable bonds is 6. The van der Waals surface area contributed by atoms with Crippen LogP contribution in [0.2, 0.25) is 5.02 Å². The zero-order valence-electron chi connectivity index (χ0n) is 11.6. The number of carbonyl (C=O) groups is 1. The first-order chi connectivity index (χ1) is 9.65. The second-order valence-corrected chi connectivity index (χ2v) is 5.61. The Morgan fingerprint density at radius 2 is 2.15 bits per heavy atom. The van der Waals surface area contributed by atoms with Crippen molar-refractivity contribution >= 4 is 17.5 Å².